The van der Waals surface area contributed by atoms with Gasteiger partial charge in [0.05, 0.1) is 12.2 Å². The Balaban J connectivity index is 1.57. The van der Waals surface area contributed by atoms with Crippen molar-refractivity contribution in [3.63, 3.8) is 0 Å². The maximum Gasteiger partial charge on any atom is 0.439 e. The van der Waals surface area contributed by atoms with Gasteiger partial charge in [-0.25, -0.2) is 9.31 Å². The van der Waals surface area contributed by atoms with Crippen molar-refractivity contribution in [3.05, 3.63) is 92.1 Å². The van der Waals surface area contributed by atoms with Crippen LogP contribution in [-0.2, 0) is 24.2 Å². The number of benzene rings is 2. The fourth-order valence-corrected chi connectivity index (χ4v) is 4.83. The SMILES string of the molecule is CCCc1c(Cc2ccc(-c3ccccc3-c3noc(=O)[nH]3)cc2)c(=O)n(C/C(=N/OCC)C(F)(F)F)c2nc(C)nn12. The highest BCUT2D eigenvalue weighted by atomic mass is 19.4. The van der Waals surface area contributed by atoms with Crippen LogP contribution < -0.4 is 11.3 Å². The molecule has 0 fully saturated rings. The molecule has 0 saturated carbocycles. The lowest BCUT2D eigenvalue weighted by Crippen LogP contribution is -2.36. The molecule has 5 rings (SSSR count). The Hall–Kier alpha value is -5.01. The molecule has 1 N–H and O–H groups in total. The van der Waals surface area contributed by atoms with Crippen LogP contribution in [0.25, 0.3) is 28.3 Å². The molecule has 3 heterocycles. The summed E-state index contributed by atoms with van der Waals surface area (Å²) in [5.41, 5.74) is 2.05. The van der Waals surface area contributed by atoms with Crippen LogP contribution in [0.1, 0.15) is 42.9 Å². The summed E-state index contributed by atoms with van der Waals surface area (Å²) in [5, 5.41) is 11.5. The fraction of sp³-hybridized carbons (Fsp3) is 0.310. The van der Waals surface area contributed by atoms with E-state index in [9.17, 15) is 22.8 Å². The van der Waals surface area contributed by atoms with Crippen LogP contribution in [-0.4, -0.2) is 47.8 Å². The van der Waals surface area contributed by atoms with Gasteiger partial charge in [0.2, 0.25) is 5.78 Å². The molecular formula is C29H28F3N7O4. The van der Waals surface area contributed by atoms with Crippen LogP contribution in [0, 0.1) is 6.92 Å². The number of nitrogens with one attached hydrogen (secondary N) is 1. The smallest absolute Gasteiger partial charge is 0.396 e. The van der Waals surface area contributed by atoms with Crippen molar-refractivity contribution in [2.24, 2.45) is 5.16 Å². The van der Waals surface area contributed by atoms with Gasteiger partial charge in [-0.05, 0) is 37.0 Å². The third kappa shape index (κ3) is 6.12. The van der Waals surface area contributed by atoms with E-state index in [0.717, 1.165) is 21.3 Å². The van der Waals surface area contributed by atoms with Crippen molar-refractivity contribution in [1.82, 2.24) is 29.3 Å². The normalized spacial score (nSPS) is 12.3. The van der Waals surface area contributed by atoms with Gasteiger partial charge in [-0.15, -0.1) is 0 Å². The number of aromatic amines is 1. The minimum Gasteiger partial charge on any atom is -0.396 e. The van der Waals surface area contributed by atoms with E-state index in [-0.39, 0.29) is 24.6 Å². The number of aromatic nitrogens is 6. The summed E-state index contributed by atoms with van der Waals surface area (Å²) >= 11 is 0. The monoisotopic (exact) mass is 595 g/mol. The molecule has 0 radical (unpaired) electrons. The molecule has 14 heteroatoms. The molecule has 0 aliphatic carbocycles. The molecule has 0 saturated heterocycles. The van der Waals surface area contributed by atoms with E-state index in [0.29, 0.717) is 35.5 Å². The first kappa shape index (κ1) is 29.5. The minimum atomic E-state index is -4.83. The highest BCUT2D eigenvalue weighted by Crippen LogP contribution is 2.30. The minimum absolute atomic E-state index is 0.000927. The predicted octanol–water partition coefficient (Wildman–Crippen LogP) is 4.71. The number of halogens is 3. The summed E-state index contributed by atoms with van der Waals surface area (Å²) in [6.07, 6.45) is -3.55. The molecule has 0 aliphatic rings. The van der Waals surface area contributed by atoms with E-state index in [2.05, 4.69) is 29.9 Å². The van der Waals surface area contributed by atoms with Crippen molar-refractivity contribution >= 4 is 11.5 Å². The van der Waals surface area contributed by atoms with Crippen molar-refractivity contribution in [2.75, 3.05) is 6.61 Å². The first-order chi connectivity index (χ1) is 20.6. The third-order valence-electron chi connectivity index (χ3n) is 6.74. The number of alkyl halides is 3. The lowest BCUT2D eigenvalue weighted by atomic mass is 9.96. The quantitative estimate of drug-likeness (QED) is 0.183. The summed E-state index contributed by atoms with van der Waals surface area (Å²) in [4.78, 5) is 36.9. The van der Waals surface area contributed by atoms with Crippen molar-refractivity contribution in [1.29, 1.82) is 0 Å². The summed E-state index contributed by atoms with van der Waals surface area (Å²) in [5.74, 6) is -0.0628. The van der Waals surface area contributed by atoms with E-state index in [4.69, 9.17) is 4.84 Å². The van der Waals surface area contributed by atoms with E-state index in [1.807, 2.05) is 49.4 Å². The number of aryl methyl sites for hydroxylation is 2. The molecule has 0 spiro atoms. The van der Waals surface area contributed by atoms with Crippen molar-refractivity contribution in [2.45, 2.75) is 52.8 Å². The summed E-state index contributed by atoms with van der Waals surface area (Å²) < 4.78 is 48.6. The number of oxime groups is 1. The van der Waals surface area contributed by atoms with Crippen LogP contribution in [0.2, 0.25) is 0 Å². The van der Waals surface area contributed by atoms with Gasteiger partial charge in [-0.3, -0.25) is 18.9 Å². The molecule has 0 atom stereocenters. The van der Waals surface area contributed by atoms with Gasteiger partial charge in [0.25, 0.3) is 5.56 Å². The van der Waals surface area contributed by atoms with Gasteiger partial charge in [-0.2, -0.15) is 23.3 Å². The van der Waals surface area contributed by atoms with Crippen LogP contribution in [0.5, 0.6) is 0 Å². The average Bonchev–Trinajstić information content (AvgIpc) is 3.59. The first-order valence-corrected chi connectivity index (χ1v) is 13.6. The molecule has 0 unspecified atom stereocenters. The molecule has 11 nitrogen and oxygen atoms in total. The van der Waals surface area contributed by atoms with Gasteiger partial charge in [0.1, 0.15) is 12.4 Å². The molecule has 43 heavy (non-hydrogen) atoms. The number of hydrogen-bond donors (Lipinski definition) is 1. The van der Waals surface area contributed by atoms with E-state index in [1.54, 1.807) is 13.0 Å². The Bertz CT molecular complexity index is 1900. The Kier molecular flexibility index (Phi) is 8.28. The molecule has 0 bridgehead atoms. The zero-order valence-electron chi connectivity index (χ0n) is 23.6. The molecule has 0 amide bonds. The average molecular weight is 596 g/mol. The lowest BCUT2D eigenvalue weighted by Gasteiger charge is -2.17. The Morgan fingerprint density at radius 2 is 1.79 bits per heavy atom. The van der Waals surface area contributed by atoms with Crippen molar-refractivity contribution < 1.29 is 22.5 Å². The van der Waals surface area contributed by atoms with Crippen LogP contribution in [0.3, 0.4) is 0 Å². The summed E-state index contributed by atoms with van der Waals surface area (Å²) in [6, 6.07) is 14.7. The highest BCUT2D eigenvalue weighted by Gasteiger charge is 2.38. The second kappa shape index (κ2) is 12.1. The first-order valence-electron chi connectivity index (χ1n) is 13.6. The second-order valence-electron chi connectivity index (χ2n) is 9.75. The topological polar surface area (TPSA) is 133 Å². The molecule has 224 valence electrons. The highest BCUT2D eigenvalue weighted by molar-refractivity contribution is 5.89. The molecule has 5 aromatic rings. The zero-order valence-corrected chi connectivity index (χ0v) is 23.6. The van der Waals surface area contributed by atoms with Gasteiger partial charge in [0.15, 0.2) is 11.5 Å². The molecule has 2 aromatic carbocycles. The lowest BCUT2D eigenvalue weighted by molar-refractivity contribution is -0.0644. The van der Waals surface area contributed by atoms with E-state index < -0.39 is 29.7 Å². The largest absolute Gasteiger partial charge is 0.439 e. The molecular weight excluding hydrogens is 567 g/mol. The molecule has 0 aliphatic heterocycles. The second-order valence-corrected chi connectivity index (χ2v) is 9.75. The maximum atomic E-state index is 13.9. The number of nitrogens with zero attached hydrogens (tertiary/aromatic N) is 6. The standard InChI is InChI=1S/C29H28F3N7O4/c1-4-8-23-22(26(40)38(27-33-17(3)35-39(23)27)16-24(29(30,31)32)36-42-5-2)15-18-11-13-19(14-12-18)20-9-6-7-10-21(20)25-34-28(41)43-37-25/h6-7,9-14H,4-5,8,15-16H2,1-3H3,(H,34,37,41)/b36-24-. The van der Waals surface area contributed by atoms with E-state index >= 15 is 0 Å². The van der Waals surface area contributed by atoms with Crippen LogP contribution in [0.4, 0.5) is 13.2 Å². The van der Waals surface area contributed by atoms with Gasteiger partial charge in [0, 0.05) is 17.5 Å². The Morgan fingerprint density at radius 1 is 1.07 bits per heavy atom. The van der Waals surface area contributed by atoms with Crippen molar-refractivity contribution in [3.8, 4) is 22.5 Å². The number of rotatable bonds is 10. The number of H-pyrrole nitrogens is 1. The Morgan fingerprint density at radius 3 is 2.42 bits per heavy atom. The van der Waals surface area contributed by atoms with E-state index in [1.165, 1.54) is 11.4 Å². The van der Waals surface area contributed by atoms with Crippen LogP contribution in [0.15, 0.2) is 67.8 Å². The van der Waals surface area contributed by atoms with Crippen LogP contribution >= 0.6 is 0 Å². The summed E-state index contributed by atoms with van der Waals surface area (Å²) in [7, 11) is 0. The summed E-state index contributed by atoms with van der Waals surface area (Å²) in [6.45, 7) is 4.12. The number of hydrogen-bond acceptors (Lipinski definition) is 8. The zero-order chi connectivity index (χ0) is 30.7. The molecule has 3 aromatic heterocycles. The van der Waals surface area contributed by atoms with Gasteiger partial charge < -0.3 is 4.84 Å². The maximum absolute atomic E-state index is 13.9. The predicted molar refractivity (Wildman–Crippen MR) is 152 cm³/mol. The van der Waals surface area contributed by atoms with Gasteiger partial charge in [-0.1, -0.05) is 72.2 Å². The third-order valence-corrected chi connectivity index (χ3v) is 6.74. The fourth-order valence-electron chi connectivity index (χ4n) is 4.83. The number of fused-ring (bicyclic) bond motifs is 1. The Labute approximate surface area is 242 Å². The van der Waals surface area contributed by atoms with Gasteiger partial charge >= 0.3 is 11.9 Å².